The lowest BCUT2D eigenvalue weighted by Crippen LogP contribution is -2.36. The van der Waals surface area contributed by atoms with E-state index in [0.717, 1.165) is 0 Å². The number of carbonyl (C=O) groups is 2. The topological polar surface area (TPSA) is 80.3 Å². The van der Waals surface area contributed by atoms with Gasteiger partial charge in [-0.25, -0.2) is 0 Å². The average Bonchev–Trinajstić information content (AvgIpc) is 2.25. The van der Waals surface area contributed by atoms with Gasteiger partial charge in [-0.05, 0) is 12.2 Å². The number of nitrogens with one attached hydrogen (secondary N) is 1. The molecule has 0 aliphatic heterocycles. The summed E-state index contributed by atoms with van der Waals surface area (Å²) in [5.41, 5.74) is 0. The van der Waals surface area contributed by atoms with E-state index in [1.165, 1.54) is 0 Å². The largest absolute Gasteiger partial charge is 0.373 e. The second kappa shape index (κ2) is 11.0. The van der Waals surface area contributed by atoms with Crippen LogP contribution in [0.25, 0.3) is 0 Å². The maximum absolute atomic E-state index is 11.5. The lowest BCUT2D eigenvalue weighted by Gasteiger charge is -2.14. The molecular formula is C12H21NO4S. The molecule has 0 aliphatic carbocycles. The molecule has 18 heavy (non-hydrogen) atoms. The summed E-state index contributed by atoms with van der Waals surface area (Å²) in [5, 5.41) is 2.99. The molecule has 0 aliphatic rings. The van der Waals surface area contributed by atoms with Crippen molar-refractivity contribution in [2.75, 3.05) is 6.54 Å². The van der Waals surface area contributed by atoms with Gasteiger partial charge < -0.3 is 5.32 Å². The first kappa shape index (κ1) is 19.2. The van der Waals surface area contributed by atoms with E-state index in [0.29, 0.717) is 5.25 Å². The molecule has 0 saturated carbocycles. The minimum atomic E-state index is -0.0926. The first-order valence-corrected chi connectivity index (χ1v) is 6.65. The molecule has 0 heterocycles. The summed E-state index contributed by atoms with van der Waals surface area (Å²) in [4.78, 5) is 39.0. The number of thioether (sulfide) groups is 1. The summed E-state index contributed by atoms with van der Waals surface area (Å²) in [5.74, 6) is 0.00570. The van der Waals surface area contributed by atoms with E-state index in [1.807, 2.05) is 34.6 Å². The van der Waals surface area contributed by atoms with Crippen molar-refractivity contribution in [3.8, 4) is 0 Å². The van der Waals surface area contributed by atoms with Gasteiger partial charge in [0, 0.05) is 5.92 Å². The van der Waals surface area contributed by atoms with E-state index in [9.17, 15) is 9.59 Å². The second-order valence-corrected chi connectivity index (χ2v) is 6.17. The van der Waals surface area contributed by atoms with E-state index in [2.05, 4.69) is 5.32 Å². The van der Waals surface area contributed by atoms with Crippen LogP contribution in [0.15, 0.2) is 0 Å². The molecule has 0 radical (unpaired) electrons. The zero-order valence-electron chi connectivity index (χ0n) is 11.5. The fraction of sp³-hybridized carbons (Fsp3) is 0.750. The Morgan fingerprint density at radius 2 is 1.56 bits per heavy atom. The average molecular weight is 275 g/mol. The van der Waals surface area contributed by atoms with Gasteiger partial charge in [0.25, 0.3) is 0 Å². The molecule has 6 heteroatoms. The van der Waals surface area contributed by atoms with Crippen molar-refractivity contribution in [1.82, 2.24) is 5.32 Å². The van der Waals surface area contributed by atoms with Gasteiger partial charge in [0.1, 0.15) is 0 Å². The van der Waals surface area contributed by atoms with Crippen LogP contribution < -0.4 is 5.32 Å². The van der Waals surface area contributed by atoms with Gasteiger partial charge in [-0.3, -0.25) is 9.59 Å². The van der Waals surface area contributed by atoms with Crippen LogP contribution >= 0.6 is 11.8 Å². The quantitative estimate of drug-likeness (QED) is 0.789. The number of amides is 1. The predicted molar refractivity (Wildman–Crippen MR) is 70.1 cm³/mol. The fourth-order valence-electron chi connectivity index (χ4n) is 0.992. The van der Waals surface area contributed by atoms with E-state index in [1.54, 1.807) is 11.8 Å². The van der Waals surface area contributed by atoms with Crippen LogP contribution in [-0.2, 0) is 19.2 Å². The first-order chi connectivity index (χ1) is 8.26. The van der Waals surface area contributed by atoms with Crippen LogP contribution in [0.5, 0.6) is 0 Å². The summed E-state index contributed by atoms with van der Waals surface area (Å²) in [6.07, 6.45) is 0.250. The molecule has 104 valence electrons. The molecule has 0 spiro atoms. The highest BCUT2D eigenvalue weighted by Gasteiger charge is 2.16. The Balaban J connectivity index is 0. The zero-order chi connectivity index (χ0) is 14.7. The molecule has 0 aromatic rings. The third-order valence-electron chi connectivity index (χ3n) is 1.93. The maximum Gasteiger partial charge on any atom is 0.373 e. The Kier molecular flexibility index (Phi) is 11.7. The second-order valence-electron chi connectivity index (χ2n) is 4.25. The summed E-state index contributed by atoms with van der Waals surface area (Å²) in [6, 6.07) is 0. The molecule has 0 bridgehead atoms. The van der Waals surface area contributed by atoms with Crippen LogP contribution in [0.4, 0.5) is 0 Å². The lowest BCUT2D eigenvalue weighted by molar-refractivity contribution is -0.191. The Morgan fingerprint density at radius 1 is 1.11 bits per heavy atom. The third kappa shape index (κ3) is 11.4. The van der Waals surface area contributed by atoms with Gasteiger partial charge >= 0.3 is 6.15 Å². The molecule has 0 aromatic carbocycles. The number of carbonyl (C=O) groups excluding carboxylic acids is 4. The summed E-state index contributed by atoms with van der Waals surface area (Å²) in [7, 11) is 0. The van der Waals surface area contributed by atoms with Gasteiger partial charge in [0.05, 0.1) is 11.8 Å². The highest BCUT2D eigenvalue weighted by atomic mass is 32.2. The summed E-state index contributed by atoms with van der Waals surface area (Å²) < 4.78 is 0. The summed E-state index contributed by atoms with van der Waals surface area (Å²) >= 11 is 1.60. The monoisotopic (exact) mass is 275 g/mol. The molecule has 0 aromatic heterocycles. The zero-order valence-corrected chi connectivity index (χ0v) is 12.3. The smallest absolute Gasteiger partial charge is 0.348 e. The van der Waals surface area contributed by atoms with Gasteiger partial charge in [0.2, 0.25) is 5.91 Å². The highest BCUT2D eigenvalue weighted by Crippen LogP contribution is 2.16. The maximum atomic E-state index is 11.5. The number of hydrogen-bond donors (Lipinski definition) is 1. The van der Waals surface area contributed by atoms with E-state index in [-0.39, 0.29) is 35.6 Å². The van der Waals surface area contributed by atoms with Crippen molar-refractivity contribution in [2.45, 2.75) is 45.1 Å². The Morgan fingerprint density at radius 3 is 1.89 bits per heavy atom. The highest BCUT2D eigenvalue weighted by molar-refractivity contribution is 8.01. The molecule has 1 N–H and O–H groups in total. The minimum absolute atomic E-state index is 0.0154. The molecule has 1 unspecified atom stereocenters. The molecule has 0 rings (SSSR count). The molecule has 0 fully saturated rings. The van der Waals surface area contributed by atoms with Crippen molar-refractivity contribution in [2.24, 2.45) is 5.92 Å². The number of Topliss-reactive ketones (excluding diaryl/α,β-unsaturated/α-hetero) is 1. The molecule has 5 nitrogen and oxygen atoms in total. The number of rotatable bonds is 6. The van der Waals surface area contributed by atoms with Crippen LogP contribution in [-0.4, -0.2) is 34.9 Å². The summed E-state index contributed by atoms with van der Waals surface area (Å²) in [6.45, 7) is 9.78. The van der Waals surface area contributed by atoms with Crippen molar-refractivity contribution in [3.05, 3.63) is 0 Å². The van der Waals surface area contributed by atoms with Crippen LogP contribution in [0.2, 0.25) is 0 Å². The normalized spacial score (nSPS) is 11.3. The van der Waals surface area contributed by atoms with Crippen molar-refractivity contribution >= 4 is 29.6 Å². The molecule has 1 atom stereocenters. The Bertz CT molecular complexity index is 296. The van der Waals surface area contributed by atoms with Crippen molar-refractivity contribution in [1.29, 1.82) is 0 Å². The lowest BCUT2D eigenvalue weighted by atomic mass is 10.1. The van der Waals surface area contributed by atoms with Crippen LogP contribution in [0.1, 0.15) is 34.6 Å². The van der Waals surface area contributed by atoms with Gasteiger partial charge in [-0.2, -0.15) is 9.59 Å². The van der Waals surface area contributed by atoms with Gasteiger partial charge in [-0.15, -0.1) is 11.8 Å². The molecule has 0 saturated heterocycles. The predicted octanol–water partition coefficient (Wildman–Crippen LogP) is 1.27. The SMILES string of the molecule is CC(C)SC(C)C(=O)NCC(=O)C(C)C.O=C=O. The Labute approximate surface area is 112 Å². The standard InChI is InChI=1S/C11H21NO2S.CO2/c1-7(2)10(13)6-12-11(14)9(5)15-8(3)4;2-1-3/h7-9H,6H2,1-5H3,(H,12,14);. The fourth-order valence-corrected chi connectivity index (χ4v) is 2.02. The molecule has 1 amide bonds. The molecular weight excluding hydrogens is 254 g/mol. The first-order valence-electron chi connectivity index (χ1n) is 5.71. The van der Waals surface area contributed by atoms with Gasteiger partial charge in [0.15, 0.2) is 5.78 Å². The van der Waals surface area contributed by atoms with Crippen molar-refractivity contribution in [3.63, 3.8) is 0 Å². The third-order valence-corrected chi connectivity index (χ3v) is 3.09. The minimum Gasteiger partial charge on any atom is -0.348 e. The Hall–Kier alpha value is -1.13. The van der Waals surface area contributed by atoms with Crippen LogP contribution in [0.3, 0.4) is 0 Å². The number of hydrogen-bond acceptors (Lipinski definition) is 5. The van der Waals surface area contributed by atoms with E-state index >= 15 is 0 Å². The van der Waals surface area contributed by atoms with Crippen molar-refractivity contribution < 1.29 is 19.2 Å². The van der Waals surface area contributed by atoms with E-state index < -0.39 is 0 Å². The van der Waals surface area contributed by atoms with E-state index in [4.69, 9.17) is 9.59 Å². The number of ketones is 1. The van der Waals surface area contributed by atoms with Gasteiger partial charge in [-0.1, -0.05) is 27.7 Å². The van der Waals surface area contributed by atoms with Crippen LogP contribution in [0, 0.1) is 5.92 Å².